The number of carbonyl (C=O) groups is 1. The quantitative estimate of drug-likeness (QED) is 0.908. The molecule has 96 valence electrons. The van der Waals surface area contributed by atoms with Crippen molar-refractivity contribution in [3.63, 3.8) is 0 Å². The molecule has 2 atom stereocenters. The van der Waals surface area contributed by atoms with Gasteiger partial charge in [-0.15, -0.1) is 0 Å². The van der Waals surface area contributed by atoms with Crippen LogP contribution in [0.15, 0.2) is 30.6 Å². The molecule has 2 unspecified atom stereocenters. The van der Waals surface area contributed by atoms with Gasteiger partial charge in [0.15, 0.2) is 0 Å². The molecule has 0 spiro atoms. The third-order valence-corrected chi connectivity index (χ3v) is 3.27. The number of hydrogen-bond acceptors (Lipinski definition) is 4. The van der Waals surface area contributed by atoms with Crippen molar-refractivity contribution in [3.05, 3.63) is 42.1 Å². The van der Waals surface area contributed by atoms with E-state index in [1.165, 1.54) is 0 Å². The van der Waals surface area contributed by atoms with Crippen LogP contribution in [0.4, 0.5) is 0 Å². The lowest BCUT2D eigenvalue weighted by atomic mass is 10.2. The lowest BCUT2D eigenvalue weighted by molar-refractivity contribution is -0.138. The minimum absolute atomic E-state index is 0.0483. The molecular weight excluding hydrogens is 242 g/mol. The summed E-state index contributed by atoms with van der Waals surface area (Å²) in [5.74, 6) is -0.513. The predicted molar refractivity (Wildman–Crippen MR) is 68.5 cm³/mol. The number of carboxylic acids is 1. The van der Waals surface area contributed by atoms with Crippen molar-refractivity contribution in [2.45, 2.75) is 19.3 Å². The lowest BCUT2D eigenvalue weighted by Crippen LogP contribution is -2.03. The third-order valence-electron chi connectivity index (χ3n) is 3.27. The van der Waals surface area contributed by atoms with Gasteiger partial charge in [0, 0.05) is 29.6 Å². The summed E-state index contributed by atoms with van der Waals surface area (Å²) in [6.45, 7) is 1.89. The summed E-state index contributed by atoms with van der Waals surface area (Å²) in [6, 6.07) is 5.67. The van der Waals surface area contributed by atoms with Gasteiger partial charge in [-0.2, -0.15) is 0 Å². The van der Waals surface area contributed by atoms with Gasteiger partial charge in [0.1, 0.15) is 5.82 Å². The van der Waals surface area contributed by atoms with Gasteiger partial charge in [0.2, 0.25) is 0 Å². The normalized spacial score (nSPS) is 21.1. The maximum atomic E-state index is 10.9. The van der Waals surface area contributed by atoms with Crippen LogP contribution in [-0.2, 0) is 4.79 Å². The Morgan fingerprint density at radius 3 is 2.89 bits per heavy atom. The molecule has 0 saturated heterocycles. The molecule has 0 radical (unpaired) electrons. The average Bonchev–Trinajstić information content (AvgIpc) is 3.19. The number of carboxylic acid groups (broad SMARTS) is 1. The van der Waals surface area contributed by atoms with Crippen molar-refractivity contribution in [1.82, 2.24) is 15.0 Å². The fraction of sp³-hybridized carbons (Fsp3) is 0.286. The van der Waals surface area contributed by atoms with Crippen LogP contribution in [0.5, 0.6) is 0 Å². The number of hydrogen-bond donors (Lipinski definition) is 1. The molecule has 0 aromatic carbocycles. The Kier molecular flexibility index (Phi) is 2.74. The fourth-order valence-electron chi connectivity index (χ4n) is 2.17. The number of aliphatic carboxylic acids is 1. The molecule has 2 aromatic rings. The van der Waals surface area contributed by atoms with E-state index in [0.717, 1.165) is 17.0 Å². The first-order valence-corrected chi connectivity index (χ1v) is 6.14. The van der Waals surface area contributed by atoms with Crippen LogP contribution in [0.2, 0.25) is 0 Å². The first kappa shape index (κ1) is 11.8. The molecule has 5 heteroatoms. The standard InChI is InChI=1S/C14H13N3O2/c1-8-5-12(9-3-2-4-15-7-9)17-13(16-8)10-6-11(10)14(18)19/h2-5,7,10-11H,6H2,1H3,(H,18,19). The number of rotatable bonds is 3. The zero-order valence-electron chi connectivity index (χ0n) is 10.4. The van der Waals surface area contributed by atoms with Crippen LogP contribution < -0.4 is 0 Å². The maximum Gasteiger partial charge on any atom is 0.307 e. The monoisotopic (exact) mass is 255 g/mol. The molecule has 0 amide bonds. The van der Waals surface area contributed by atoms with Gasteiger partial charge < -0.3 is 5.11 Å². The minimum atomic E-state index is -0.766. The summed E-state index contributed by atoms with van der Waals surface area (Å²) in [5, 5.41) is 8.98. The van der Waals surface area contributed by atoms with E-state index in [9.17, 15) is 4.79 Å². The highest BCUT2D eigenvalue weighted by atomic mass is 16.4. The second-order valence-corrected chi connectivity index (χ2v) is 4.78. The van der Waals surface area contributed by atoms with Crippen molar-refractivity contribution in [2.24, 2.45) is 5.92 Å². The molecule has 2 heterocycles. The summed E-state index contributed by atoms with van der Waals surface area (Å²) in [6.07, 6.45) is 4.08. The molecular formula is C14H13N3O2. The Balaban J connectivity index is 1.96. The van der Waals surface area contributed by atoms with E-state index in [1.807, 2.05) is 25.1 Å². The van der Waals surface area contributed by atoms with Gasteiger partial charge in [-0.3, -0.25) is 9.78 Å². The van der Waals surface area contributed by atoms with Crippen LogP contribution in [0.1, 0.15) is 23.9 Å². The van der Waals surface area contributed by atoms with Crippen LogP contribution in [0.3, 0.4) is 0 Å². The summed E-state index contributed by atoms with van der Waals surface area (Å²) in [4.78, 5) is 23.8. The lowest BCUT2D eigenvalue weighted by Gasteiger charge is -2.05. The minimum Gasteiger partial charge on any atom is -0.481 e. The molecule has 1 saturated carbocycles. The zero-order chi connectivity index (χ0) is 13.4. The largest absolute Gasteiger partial charge is 0.481 e. The molecule has 0 bridgehead atoms. The van der Waals surface area contributed by atoms with Crippen LogP contribution in [0, 0.1) is 12.8 Å². The molecule has 5 nitrogen and oxygen atoms in total. The highest BCUT2D eigenvalue weighted by molar-refractivity contribution is 5.75. The van der Waals surface area contributed by atoms with Gasteiger partial charge in [-0.25, -0.2) is 9.97 Å². The molecule has 2 aromatic heterocycles. The summed E-state index contributed by atoms with van der Waals surface area (Å²) in [5.41, 5.74) is 2.56. The van der Waals surface area contributed by atoms with Gasteiger partial charge in [-0.05, 0) is 31.5 Å². The van der Waals surface area contributed by atoms with E-state index in [2.05, 4.69) is 15.0 Å². The van der Waals surface area contributed by atoms with Crippen molar-refractivity contribution in [3.8, 4) is 11.3 Å². The molecule has 1 aliphatic rings. The van der Waals surface area contributed by atoms with Gasteiger partial charge >= 0.3 is 5.97 Å². The molecule has 1 N–H and O–H groups in total. The Hall–Kier alpha value is -2.30. The average molecular weight is 255 g/mol. The van der Waals surface area contributed by atoms with Gasteiger partial charge in [-0.1, -0.05) is 0 Å². The second kappa shape index (κ2) is 4.42. The first-order chi connectivity index (χ1) is 9.15. The number of aromatic nitrogens is 3. The fourth-order valence-corrected chi connectivity index (χ4v) is 2.17. The van der Waals surface area contributed by atoms with E-state index >= 15 is 0 Å². The highest BCUT2D eigenvalue weighted by Gasteiger charge is 2.46. The maximum absolute atomic E-state index is 10.9. The number of pyridine rings is 1. The topological polar surface area (TPSA) is 76.0 Å². The predicted octanol–water partition coefficient (Wildman–Crippen LogP) is 2.04. The molecule has 1 aliphatic carbocycles. The molecule has 0 aliphatic heterocycles. The summed E-state index contributed by atoms with van der Waals surface area (Å²) in [7, 11) is 0. The molecule has 19 heavy (non-hydrogen) atoms. The van der Waals surface area contributed by atoms with Gasteiger partial charge in [0.05, 0.1) is 11.6 Å². The summed E-state index contributed by atoms with van der Waals surface area (Å²) >= 11 is 0. The van der Waals surface area contributed by atoms with E-state index in [0.29, 0.717) is 12.2 Å². The van der Waals surface area contributed by atoms with Crippen LogP contribution in [0.25, 0.3) is 11.3 Å². The summed E-state index contributed by atoms with van der Waals surface area (Å²) < 4.78 is 0. The smallest absolute Gasteiger partial charge is 0.307 e. The molecule has 1 fully saturated rings. The van der Waals surface area contributed by atoms with Crippen molar-refractivity contribution in [1.29, 1.82) is 0 Å². The zero-order valence-corrected chi connectivity index (χ0v) is 10.4. The first-order valence-electron chi connectivity index (χ1n) is 6.14. The number of nitrogens with zero attached hydrogens (tertiary/aromatic N) is 3. The van der Waals surface area contributed by atoms with E-state index in [1.54, 1.807) is 12.4 Å². The molecule has 3 rings (SSSR count). The van der Waals surface area contributed by atoms with E-state index in [-0.39, 0.29) is 11.8 Å². The van der Waals surface area contributed by atoms with Crippen molar-refractivity contribution < 1.29 is 9.90 Å². The Morgan fingerprint density at radius 2 is 2.26 bits per heavy atom. The number of aryl methyl sites for hydroxylation is 1. The van der Waals surface area contributed by atoms with Crippen LogP contribution >= 0.6 is 0 Å². The van der Waals surface area contributed by atoms with Crippen molar-refractivity contribution >= 4 is 5.97 Å². The third kappa shape index (κ3) is 2.31. The van der Waals surface area contributed by atoms with Gasteiger partial charge in [0.25, 0.3) is 0 Å². The van der Waals surface area contributed by atoms with E-state index in [4.69, 9.17) is 5.11 Å². The SMILES string of the molecule is Cc1cc(-c2cccnc2)nc(C2CC2C(=O)O)n1. The highest BCUT2D eigenvalue weighted by Crippen LogP contribution is 2.46. The second-order valence-electron chi connectivity index (χ2n) is 4.78. The Labute approximate surface area is 110 Å². The Morgan fingerprint density at radius 1 is 1.42 bits per heavy atom. The Bertz CT molecular complexity index is 628. The van der Waals surface area contributed by atoms with Crippen LogP contribution in [-0.4, -0.2) is 26.0 Å². The van der Waals surface area contributed by atoms with Crippen molar-refractivity contribution in [2.75, 3.05) is 0 Å². The van der Waals surface area contributed by atoms with E-state index < -0.39 is 5.97 Å².